The van der Waals surface area contributed by atoms with Gasteiger partial charge in [-0.1, -0.05) is 12.1 Å². The third kappa shape index (κ3) is 3.87. The highest BCUT2D eigenvalue weighted by Gasteiger charge is 2.00. The molecule has 0 spiro atoms. The Balaban J connectivity index is 1.90. The summed E-state index contributed by atoms with van der Waals surface area (Å²) < 4.78 is 25.9. The molecule has 0 atom stereocenters. The molecule has 0 aliphatic rings. The summed E-state index contributed by atoms with van der Waals surface area (Å²) >= 11 is 0. The molecule has 0 amide bonds. The van der Waals surface area contributed by atoms with Gasteiger partial charge in [0.1, 0.15) is 11.6 Å². The van der Waals surface area contributed by atoms with E-state index in [1.165, 1.54) is 12.1 Å². The first-order valence-corrected chi connectivity index (χ1v) is 5.82. The van der Waals surface area contributed by atoms with Gasteiger partial charge in [0.25, 0.3) is 0 Å². The highest BCUT2D eigenvalue weighted by molar-refractivity contribution is 5.31. The highest BCUT2D eigenvalue weighted by atomic mass is 19.1. The monoisotopic (exact) mass is 258 g/mol. The molecule has 0 saturated carbocycles. The van der Waals surface area contributed by atoms with Crippen LogP contribution in [0.1, 0.15) is 16.7 Å². The van der Waals surface area contributed by atoms with Gasteiger partial charge >= 0.3 is 0 Å². The van der Waals surface area contributed by atoms with Gasteiger partial charge in [0.2, 0.25) is 0 Å². The minimum atomic E-state index is -0.574. The van der Waals surface area contributed by atoms with Crippen LogP contribution in [-0.4, -0.2) is 0 Å². The first kappa shape index (κ1) is 13.2. The number of hydrogen-bond acceptors (Lipinski definition) is 2. The van der Waals surface area contributed by atoms with E-state index in [4.69, 9.17) is 5.26 Å². The van der Waals surface area contributed by atoms with Crippen LogP contribution in [0.2, 0.25) is 0 Å². The third-order valence-electron chi connectivity index (χ3n) is 2.66. The second-order valence-electron chi connectivity index (χ2n) is 4.19. The van der Waals surface area contributed by atoms with Crippen LogP contribution in [0, 0.1) is 23.0 Å². The zero-order valence-corrected chi connectivity index (χ0v) is 10.2. The Morgan fingerprint density at radius 3 is 2.05 bits per heavy atom. The molecule has 0 aliphatic carbocycles. The van der Waals surface area contributed by atoms with Crippen molar-refractivity contribution in [3.63, 3.8) is 0 Å². The van der Waals surface area contributed by atoms with Crippen LogP contribution in [0.15, 0.2) is 42.5 Å². The first-order chi connectivity index (χ1) is 9.17. The number of nitrogens with one attached hydrogen (secondary N) is 1. The van der Waals surface area contributed by atoms with Crippen molar-refractivity contribution in [2.24, 2.45) is 0 Å². The van der Waals surface area contributed by atoms with Crippen LogP contribution in [0.3, 0.4) is 0 Å². The summed E-state index contributed by atoms with van der Waals surface area (Å²) in [6.45, 7) is 0.957. The minimum absolute atomic E-state index is 0.384. The third-order valence-corrected chi connectivity index (χ3v) is 2.66. The molecule has 2 aromatic carbocycles. The van der Waals surface area contributed by atoms with E-state index in [0.717, 1.165) is 11.6 Å². The molecule has 96 valence electrons. The first-order valence-electron chi connectivity index (χ1n) is 5.82. The average molecular weight is 258 g/mol. The Morgan fingerprint density at radius 2 is 1.47 bits per heavy atom. The summed E-state index contributed by atoms with van der Waals surface area (Å²) in [5, 5.41) is 11.8. The fourth-order valence-corrected chi connectivity index (χ4v) is 1.76. The van der Waals surface area contributed by atoms with Crippen molar-refractivity contribution in [3.05, 3.63) is 70.8 Å². The lowest BCUT2D eigenvalue weighted by molar-refractivity contribution is 0.575. The molecule has 2 nitrogen and oxygen atoms in total. The van der Waals surface area contributed by atoms with E-state index < -0.39 is 11.6 Å². The fraction of sp³-hybridized carbons (Fsp3) is 0.133. The van der Waals surface area contributed by atoms with Crippen molar-refractivity contribution in [3.8, 4) is 6.07 Å². The van der Waals surface area contributed by atoms with Crippen molar-refractivity contribution in [1.29, 1.82) is 5.26 Å². The minimum Gasteiger partial charge on any atom is -0.309 e. The number of hydrogen-bond donors (Lipinski definition) is 1. The molecule has 0 unspecified atom stereocenters. The zero-order chi connectivity index (χ0) is 13.7. The van der Waals surface area contributed by atoms with Gasteiger partial charge in [-0.2, -0.15) is 5.26 Å². The second kappa shape index (κ2) is 6.07. The lowest BCUT2D eigenvalue weighted by Gasteiger charge is -2.06. The number of halogens is 2. The van der Waals surface area contributed by atoms with Crippen molar-refractivity contribution in [2.45, 2.75) is 13.1 Å². The molecule has 1 N–H and O–H groups in total. The van der Waals surface area contributed by atoms with Crippen LogP contribution in [0.5, 0.6) is 0 Å². The number of benzene rings is 2. The summed E-state index contributed by atoms with van der Waals surface area (Å²) in [6.07, 6.45) is 0. The molecule has 2 aromatic rings. The van der Waals surface area contributed by atoms with Crippen LogP contribution in [0.4, 0.5) is 8.78 Å². The molecule has 0 aliphatic heterocycles. The lowest BCUT2D eigenvalue weighted by Crippen LogP contribution is -2.13. The summed E-state index contributed by atoms with van der Waals surface area (Å²) in [4.78, 5) is 0. The van der Waals surface area contributed by atoms with E-state index in [9.17, 15) is 8.78 Å². The smallest absolute Gasteiger partial charge is 0.126 e. The van der Waals surface area contributed by atoms with E-state index in [1.807, 2.05) is 18.2 Å². The zero-order valence-electron chi connectivity index (χ0n) is 10.2. The van der Waals surface area contributed by atoms with Gasteiger partial charge in [-0.3, -0.25) is 0 Å². The molecular formula is C15H12F2N2. The van der Waals surface area contributed by atoms with Gasteiger partial charge in [-0.05, 0) is 35.4 Å². The average Bonchev–Trinajstić information content (AvgIpc) is 2.38. The van der Waals surface area contributed by atoms with Crippen LogP contribution >= 0.6 is 0 Å². The van der Waals surface area contributed by atoms with Crippen molar-refractivity contribution in [2.75, 3.05) is 0 Å². The Kier molecular flexibility index (Phi) is 4.22. The molecular weight excluding hydrogens is 246 g/mol. The number of nitrogens with zero attached hydrogens (tertiary/aromatic N) is 1. The van der Waals surface area contributed by atoms with E-state index >= 15 is 0 Å². The Hall–Kier alpha value is -2.25. The van der Waals surface area contributed by atoms with Gasteiger partial charge < -0.3 is 5.32 Å². The van der Waals surface area contributed by atoms with E-state index in [1.54, 1.807) is 12.1 Å². The van der Waals surface area contributed by atoms with Crippen LogP contribution in [-0.2, 0) is 13.1 Å². The Labute approximate surface area is 110 Å². The fourth-order valence-electron chi connectivity index (χ4n) is 1.76. The quantitative estimate of drug-likeness (QED) is 0.914. The van der Waals surface area contributed by atoms with Crippen LogP contribution < -0.4 is 5.32 Å². The molecule has 0 heterocycles. The predicted molar refractivity (Wildman–Crippen MR) is 68.1 cm³/mol. The largest absolute Gasteiger partial charge is 0.309 e. The molecule has 0 radical (unpaired) electrons. The topological polar surface area (TPSA) is 35.8 Å². The van der Waals surface area contributed by atoms with Gasteiger partial charge in [-0.15, -0.1) is 0 Å². The lowest BCUT2D eigenvalue weighted by atomic mass is 10.1. The number of nitriles is 1. The second-order valence-corrected chi connectivity index (χ2v) is 4.19. The molecule has 19 heavy (non-hydrogen) atoms. The van der Waals surface area contributed by atoms with Crippen molar-refractivity contribution < 1.29 is 8.78 Å². The molecule has 4 heteroatoms. The normalized spacial score (nSPS) is 10.2. The SMILES string of the molecule is N#Cc1ccc(CNCc2cc(F)cc(F)c2)cc1. The summed E-state index contributed by atoms with van der Waals surface area (Å²) in [6, 6.07) is 12.7. The van der Waals surface area contributed by atoms with E-state index in [-0.39, 0.29) is 0 Å². The van der Waals surface area contributed by atoms with Crippen LogP contribution in [0.25, 0.3) is 0 Å². The van der Waals surface area contributed by atoms with Gasteiger partial charge in [0.15, 0.2) is 0 Å². The maximum atomic E-state index is 13.0. The van der Waals surface area contributed by atoms with E-state index in [0.29, 0.717) is 24.2 Å². The van der Waals surface area contributed by atoms with Gasteiger partial charge in [0.05, 0.1) is 11.6 Å². The Morgan fingerprint density at radius 1 is 0.895 bits per heavy atom. The van der Waals surface area contributed by atoms with Crippen molar-refractivity contribution in [1.82, 2.24) is 5.32 Å². The maximum Gasteiger partial charge on any atom is 0.126 e. The number of rotatable bonds is 4. The molecule has 0 aromatic heterocycles. The van der Waals surface area contributed by atoms with E-state index in [2.05, 4.69) is 5.32 Å². The molecule has 0 fully saturated rings. The molecule has 0 bridgehead atoms. The summed E-state index contributed by atoms with van der Waals surface area (Å²) in [7, 11) is 0. The highest BCUT2D eigenvalue weighted by Crippen LogP contribution is 2.08. The Bertz CT molecular complexity index is 580. The maximum absolute atomic E-state index is 13.0. The van der Waals surface area contributed by atoms with Gasteiger partial charge in [-0.25, -0.2) is 8.78 Å². The summed E-state index contributed by atoms with van der Waals surface area (Å²) in [5.41, 5.74) is 2.18. The predicted octanol–water partition coefficient (Wildman–Crippen LogP) is 3.13. The summed E-state index contributed by atoms with van der Waals surface area (Å²) in [5.74, 6) is -1.15. The molecule has 2 rings (SSSR count). The van der Waals surface area contributed by atoms with Crippen molar-refractivity contribution >= 4 is 0 Å². The molecule has 0 saturated heterocycles. The van der Waals surface area contributed by atoms with Gasteiger partial charge in [0, 0.05) is 19.2 Å². The standard InChI is InChI=1S/C15H12F2N2/c16-14-5-13(6-15(17)7-14)10-19-9-12-3-1-11(8-18)2-4-12/h1-7,19H,9-10H2.